The molecular weight excluding hydrogens is 223 g/mol. The van der Waals surface area contributed by atoms with Gasteiger partial charge in [-0.25, -0.2) is 0 Å². The molecular formula is H8Cl2MoN4-6. The predicted octanol–water partition coefficient (Wildman–Crippen LogP) is -3.13. The quantitative estimate of drug-likeness (QED) is 0.390. The van der Waals surface area contributed by atoms with E-state index in [0.717, 1.165) is 0 Å². The Labute approximate surface area is 70.6 Å². The summed E-state index contributed by atoms with van der Waals surface area (Å²) in [4.78, 5) is 0. The van der Waals surface area contributed by atoms with Crippen LogP contribution in [0.5, 0.6) is 0 Å². The zero-order chi connectivity index (χ0) is 0. The van der Waals surface area contributed by atoms with E-state index in [2.05, 4.69) is 0 Å². The smallest absolute Gasteiger partial charge is 0 e. The molecule has 0 heterocycles. The first-order chi connectivity index (χ1) is 0. The molecule has 0 aromatic carbocycles. The van der Waals surface area contributed by atoms with Crippen molar-refractivity contribution < 1.29 is 45.9 Å². The molecule has 0 aliphatic carbocycles. The summed E-state index contributed by atoms with van der Waals surface area (Å²) in [5.41, 5.74) is 0. The summed E-state index contributed by atoms with van der Waals surface area (Å²) in [5.74, 6) is 0. The van der Waals surface area contributed by atoms with Gasteiger partial charge in [0, 0.05) is 21.1 Å². The van der Waals surface area contributed by atoms with E-state index in [4.69, 9.17) is 0 Å². The van der Waals surface area contributed by atoms with Gasteiger partial charge in [-0.05, 0) is 0 Å². The number of nitrogens with two attached hydrogens (primary N) is 4. The molecule has 0 spiro atoms. The van der Waals surface area contributed by atoms with Crippen LogP contribution < -0.4 is 24.8 Å². The fourth-order valence-electron chi connectivity index (χ4n) is 0. The van der Waals surface area contributed by atoms with Gasteiger partial charge >= 0.3 is 0 Å². The topological polar surface area (TPSA) is 134 Å². The van der Waals surface area contributed by atoms with Crippen LogP contribution in [0.4, 0.5) is 0 Å². The van der Waals surface area contributed by atoms with Crippen LogP contribution in [-0.4, -0.2) is 0 Å². The van der Waals surface area contributed by atoms with E-state index in [0.29, 0.717) is 0 Å². The molecule has 7 heteroatoms. The Hall–Kier alpha value is 1.11. The van der Waals surface area contributed by atoms with E-state index in [1.807, 2.05) is 0 Å². The average molecular weight is 231 g/mol. The van der Waals surface area contributed by atoms with Gasteiger partial charge in [-0.3, -0.25) is 0 Å². The van der Waals surface area contributed by atoms with Crippen LogP contribution in [0.15, 0.2) is 0 Å². The SMILES string of the molecule is [Cl-].[Cl-].[Mo].[NH2-].[NH2-].[NH2-].[NH2-]. The van der Waals surface area contributed by atoms with Gasteiger partial charge in [0.15, 0.2) is 0 Å². The van der Waals surface area contributed by atoms with Crippen molar-refractivity contribution in [2.75, 3.05) is 0 Å². The minimum Gasteiger partial charge on any atom is -1.00 e. The fourth-order valence-corrected chi connectivity index (χ4v) is 0. The molecule has 0 unspecified atom stereocenters. The maximum absolute atomic E-state index is 0. The summed E-state index contributed by atoms with van der Waals surface area (Å²) in [5, 5.41) is 0. The Morgan fingerprint density at radius 2 is 0.429 bits per heavy atom. The monoisotopic (exact) mass is 232 g/mol. The average Bonchev–Trinajstić information content (AvgIpc) is 0. The standard InChI is InChI=1S/2ClH.Mo.4H2N/h2*1H;;4*1H2/q;;;4*-1/p-2. The maximum atomic E-state index is 0. The summed E-state index contributed by atoms with van der Waals surface area (Å²) in [7, 11) is 0. The van der Waals surface area contributed by atoms with Crippen LogP contribution in [0.25, 0.3) is 24.6 Å². The third kappa shape index (κ3) is 151. The van der Waals surface area contributed by atoms with E-state index in [1.54, 1.807) is 0 Å². The summed E-state index contributed by atoms with van der Waals surface area (Å²) in [6, 6.07) is 0. The Morgan fingerprint density at radius 1 is 0.429 bits per heavy atom. The molecule has 0 aliphatic heterocycles. The van der Waals surface area contributed by atoms with Gasteiger partial charge in [0.1, 0.15) is 0 Å². The molecule has 0 aliphatic rings. The maximum Gasteiger partial charge on any atom is 0 e. The summed E-state index contributed by atoms with van der Waals surface area (Å²) < 4.78 is 0. The van der Waals surface area contributed by atoms with Crippen LogP contribution in [0, 0.1) is 0 Å². The molecule has 8 N–H and O–H groups in total. The van der Waals surface area contributed by atoms with E-state index < -0.39 is 0 Å². The van der Waals surface area contributed by atoms with Crippen molar-refractivity contribution in [3.63, 3.8) is 0 Å². The summed E-state index contributed by atoms with van der Waals surface area (Å²) in [6.07, 6.45) is 0. The second-order valence-corrected chi connectivity index (χ2v) is 0. The third-order valence-electron chi connectivity index (χ3n) is 0. The van der Waals surface area contributed by atoms with Gasteiger partial charge in [-0.2, -0.15) is 0 Å². The van der Waals surface area contributed by atoms with E-state index in [9.17, 15) is 0 Å². The Morgan fingerprint density at radius 3 is 0.429 bits per heavy atom. The first-order valence-electron chi connectivity index (χ1n) is 0. The van der Waals surface area contributed by atoms with Gasteiger partial charge in [0.25, 0.3) is 0 Å². The first-order valence-corrected chi connectivity index (χ1v) is 0. The van der Waals surface area contributed by atoms with Gasteiger partial charge in [0.2, 0.25) is 0 Å². The molecule has 0 amide bonds. The normalized spacial score (nSPS) is 0. The van der Waals surface area contributed by atoms with E-state index in [1.165, 1.54) is 0 Å². The second-order valence-electron chi connectivity index (χ2n) is 0. The van der Waals surface area contributed by atoms with E-state index in [-0.39, 0.29) is 70.5 Å². The minimum absolute atomic E-state index is 0. The molecule has 0 bridgehead atoms. The van der Waals surface area contributed by atoms with Crippen LogP contribution in [0.3, 0.4) is 0 Å². The second kappa shape index (κ2) is 216. The van der Waals surface area contributed by atoms with Crippen LogP contribution in [0.1, 0.15) is 0 Å². The molecule has 0 radical (unpaired) electrons. The van der Waals surface area contributed by atoms with Crippen molar-refractivity contribution in [3.8, 4) is 0 Å². The van der Waals surface area contributed by atoms with Gasteiger partial charge in [-0.15, -0.1) is 0 Å². The van der Waals surface area contributed by atoms with Crippen LogP contribution in [0.2, 0.25) is 0 Å². The predicted molar refractivity (Wildman–Crippen MR) is 21.1 cm³/mol. The Balaban J connectivity index is 0. The zero-order valence-corrected chi connectivity index (χ0v) is 6.99. The van der Waals surface area contributed by atoms with Crippen molar-refractivity contribution in [1.82, 2.24) is 0 Å². The number of halogens is 2. The summed E-state index contributed by atoms with van der Waals surface area (Å²) >= 11 is 0. The molecule has 0 atom stereocenters. The number of hydrogen-bond acceptors (Lipinski definition) is 0. The van der Waals surface area contributed by atoms with Crippen LogP contribution in [-0.2, 0) is 21.1 Å². The molecule has 7 heavy (non-hydrogen) atoms. The molecule has 0 fully saturated rings. The molecule has 0 rings (SSSR count). The molecule has 0 saturated carbocycles. The van der Waals surface area contributed by atoms with Crippen molar-refractivity contribution >= 4 is 0 Å². The molecule has 0 saturated heterocycles. The van der Waals surface area contributed by atoms with Crippen molar-refractivity contribution in [1.29, 1.82) is 0 Å². The van der Waals surface area contributed by atoms with Gasteiger partial charge in [-0.1, -0.05) is 0 Å². The first kappa shape index (κ1) is 334. The zero-order valence-electron chi connectivity index (χ0n) is 3.47. The van der Waals surface area contributed by atoms with Crippen molar-refractivity contribution in [2.24, 2.45) is 0 Å². The minimum atomic E-state index is 0. The van der Waals surface area contributed by atoms with Gasteiger partial charge < -0.3 is 49.4 Å². The Bertz CT molecular complexity index is 9.65. The van der Waals surface area contributed by atoms with Gasteiger partial charge in [0.05, 0.1) is 0 Å². The molecule has 0 aromatic rings. The largest absolute Gasteiger partial charge is 1.00 e. The number of hydrogen-bond donors (Lipinski definition) is 0. The molecule has 54 valence electrons. The van der Waals surface area contributed by atoms with Crippen molar-refractivity contribution in [2.45, 2.75) is 0 Å². The third-order valence-corrected chi connectivity index (χ3v) is 0. The fraction of sp³-hybridized carbons (Fsp3) is 0. The van der Waals surface area contributed by atoms with Crippen molar-refractivity contribution in [3.05, 3.63) is 24.6 Å². The molecule has 4 nitrogen and oxygen atoms in total. The summed E-state index contributed by atoms with van der Waals surface area (Å²) in [6.45, 7) is 0. The Kier molecular flexibility index (Phi) is 10300. The van der Waals surface area contributed by atoms with Crippen LogP contribution >= 0.6 is 0 Å². The number of rotatable bonds is 0. The van der Waals surface area contributed by atoms with E-state index >= 15 is 0 Å². The molecule has 0 aromatic heterocycles.